The number of rotatable bonds is 2. The molecule has 0 radical (unpaired) electrons. The van der Waals surface area contributed by atoms with Gasteiger partial charge in [0.1, 0.15) is 0 Å². The maximum absolute atomic E-state index is 12.3. The highest BCUT2D eigenvalue weighted by Gasteiger charge is 2.25. The first-order valence-corrected chi connectivity index (χ1v) is 7.47. The summed E-state index contributed by atoms with van der Waals surface area (Å²) < 4.78 is 0.487. The van der Waals surface area contributed by atoms with Gasteiger partial charge in [0.25, 0.3) is 0 Å². The molecule has 0 bridgehead atoms. The normalized spacial score (nSPS) is 19.4. The van der Waals surface area contributed by atoms with Crippen LogP contribution in [0.3, 0.4) is 0 Å². The van der Waals surface area contributed by atoms with E-state index in [2.05, 4.69) is 26.1 Å². The number of amides is 2. The standard InChI is InChI=1S/C14H18BrN3O3/c1-9-8-17(2)5-6-18(9)14(21)16-10-3-4-12(15)11(7-10)13(19)20/h3-4,7,9H,5-6,8H2,1-2H3,(H,16,21)(H,19,20). The van der Waals surface area contributed by atoms with Gasteiger partial charge in [0.2, 0.25) is 0 Å². The second-order valence-electron chi connectivity index (χ2n) is 5.23. The number of piperazine rings is 1. The number of carboxylic acids is 1. The first kappa shape index (κ1) is 15.8. The molecule has 2 amide bonds. The van der Waals surface area contributed by atoms with Crippen LogP contribution in [0.15, 0.2) is 22.7 Å². The van der Waals surface area contributed by atoms with Crippen LogP contribution in [0.5, 0.6) is 0 Å². The van der Waals surface area contributed by atoms with Crippen molar-refractivity contribution in [1.82, 2.24) is 9.80 Å². The molecule has 21 heavy (non-hydrogen) atoms. The van der Waals surface area contributed by atoms with Gasteiger partial charge in [-0.05, 0) is 48.1 Å². The molecule has 2 rings (SSSR count). The van der Waals surface area contributed by atoms with Crippen molar-refractivity contribution in [2.24, 2.45) is 0 Å². The number of halogens is 1. The van der Waals surface area contributed by atoms with Crippen LogP contribution in [0.25, 0.3) is 0 Å². The number of nitrogens with zero attached hydrogens (tertiary/aromatic N) is 2. The molecule has 0 spiro atoms. The molecule has 1 atom stereocenters. The zero-order valence-electron chi connectivity index (χ0n) is 12.0. The number of hydrogen-bond donors (Lipinski definition) is 2. The smallest absolute Gasteiger partial charge is 0.336 e. The molecule has 1 aliphatic rings. The quantitative estimate of drug-likeness (QED) is 0.853. The van der Waals surface area contributed by atoms with Gasteiger partial charge in [-0.1, -0.05) is 0 Å². The fourth-order valence-corrected chi connectivity index (χ4v) is 2.82. The maximum atomic E-state index is 12.3. The summed E-state index contributed by atoms with van der Waals surface area (Å²) in [4.78, 5) is 27.3. The molecular weight excluding hydrogens is 338 g/mol. The maximum Gasteiger partial charge on any atom is 0.336 e. The summed E-state index contributed by atoms with van der Waals surface area (Å²) in [5.41, 5.74) is 0.603. The van der Waals surface area contributed by atoms with Crippen molar-refractivity contribution >= 4 is 33.6 Å². The number of carboxylic acid groups (broad SMARTS) is 1. The molecule has 1 aromatic carbocycles. The molecule has 1 unspecified atom stereocenters. The molecule has 1 heterocycles. The highest BCUT2D eigenvalue weighted by molar-refractivity contribution is 9.10. The molecule has 0 aliphatic carbocycles. The summed E-state index contributed by atoms with van der Waals surface area (Å²) in [5, 5.41) is 11.8. The van der Waals surface area contributed by atoms with Gasteiger partial charge < -0.3 is 20.2 Å². The van der Waals surface area contributed by atoms with Crippen molar-refractivity contribution in [2.75, 3.05) is 32.0 Å². The van der Waals surface area contributed by atoms with E-state index >= 15 is 0 Å². The predicted molar refractivity (Wildman–Crippen MR) is 83.8 cm³/mol. The van der Waals surface area contributed by atoms with Gasteiger partial charge in [0.15, 0.2) is 0 Å². The monoisotopic (exact) mass is 355 g/mol. The summed E-state index contributed by atoms with van der Waals surface area (Å²) in [5.74, 6) is -1.04. The minimum Gasteiger partial charge on any atom is -0.478 e. The number of anilines is 1. The fourth-order valence-electron chi connectivity index (χ4n) is 2.40. The summed E-state index contributed by atoms with van der Waals surface area (Å²) >= 11 is 3.18. The minimum absolute atomic E-state index is 0.123. The topological polar surface area (TPSA) is 72.9 Å². The van der Waals surface area contributed by atoms with Gasteiger partial charge in [0, 0.05) is 35.8 Å². The van der Waals surface area contributed by atoms with Crippen LogP contribution in [0.2, 0.25) is 0 Å². The summed E-state index contributed by atoms with van der Waals surface area (Å²) in [7, 11) is 2.03. The first-order valence-electron chi connectivity index (χ1n) is 6.67. The Morgan fingerprint density at radius 1 is 1.38 bits per heavy atom. The van der Waals surface area contributed by atoms with Crippen molar-refractivity contribution in [1.29, 1.82) is 0 Å². The third kappa shape index (κ3) is 3.74. The van der Waals surface area contributed by atoms with E-state index in [9.17, 15) is 9.59 Å². The van der Waals surface area contributed by atoms with Gasteiger partial charge in [-0.25, -0.2) is 9.59 Å². The van der Waals surface area contributed by atoms with Crippen molar-refractivity contribution in [3.8, 4) is 0 Å². The van der Waals surface area contributed by atoms with Crippen LogP contribution in [0.4, 0.5) is 10.5 Å². The van der Waals surface area contributed by atoms with Crippen LogP contribution in [0, 0.1) is 0 Å². The van der Waals surface area contributed by atoms with Crippen LogP contribution in [-0.2, 0) is 0 Å². The van der Waals surface area contributed by atoms with E-state index in [0.29, 0.717) is 16.7 Å². The van der Waals surface area contributed by atoms with Gasteiger partial charge in [-0.3, -0.25) is 0 Å². The van der Waals surface area contributed by atoms with Gasteiger partial charge >= 0.3 is 12.0 Å². The lowest BCUT2D eigenvalue weighted by atomic mass is 10.2. The number of hydrogen-bond acceptors (Lipinski definition) is 3. The summed E-state index contributed by atoms with van der Waals surface area (Å²) in [6.45, 7) is 4.32. The molecular formula is C14H18BrN3O3. The number of aromatic carboxylic acids is 1. The van der Waals surface area contributed by atoms with Crippen LogP contribution >= 0.6 is 15.9 Å². The lowest BCUT2D eigenvalue weighted by Crippen LogP contribution is -2.53. The Labute approximate surface area is 131 Å². The highest BCUT2D eigenvalue weighted by Crippen LogP contribution is 2.22. The summed E-state index contributed by atoms with van der Waals surface area (Å²) in [6, 6.07) is 4.67. The Kier molecular flexibility index (Phi) is 4.84. The van der Waals surface area contributed by atoms with Crippen LogP contribution in [0.1, 0.15) is 17.3 Å². The van der Waals surface area contributed by atoms with E-state index in [1.807, 2.05) is 14.0 Å². The Morgan fingerprint density at radius 3 is 2.71 bits per heavy atom. The lowest BCUT2D eigenvalue weighted by Gasteiger charge is -2.38. The molecule has 2 N–H and O–H groups in total. The average Bonchev–Trinajstić information content (AvgIpc) is 2.40. The average molecular weight is 356 g/mol. The molecule has 114 valence electrons. The zero-order valence-corrected chi connectivity index (χ0v) is 13.6. The van der Waals surface area contributed by atoms with Gasteiger partial charge in [0.05, 0.1) is 5.56 Å². The molecule has 0 aromatic heterocycles. The van der Waals surface area contributed by atoms with Crippen LogP contribution in [-0.4, -0.2) is 59.6 Å². The van der Waals surface area contributed by atoms with E-state index in [1.54, 1.807) is 17.0 Å². The Morgan fingerprint density at radius 2 is 2.10 bits per heavy atom. The highest BCUT2D eigenvalue weighted by atomic mass is 79.9. The zero-order chi connectivity index (χ0) is 15.6. The molecule has 6 nitrogen and oxygen atoms in total. The number of carbonyl (C=O) groups is 2. The number of nitrogens with one attached hydrogen (secondary N) is 1. The Hall–Kier alpha value is -1.60. The molecule has 1 aromatic rings. The lowest BCUT2D eigenvalue weighted by molar-refractivity contribution is 0.0696. The third-order valence-electron chi connectivity index (χ3n) is 3.54. The largest absolute Gasteiger partial charge is 0.478 e. The second-order valence-corrected chi connectivity index (χ2v) is 6.09. The van der Waals surface area contributed by atoms with Gasteiger partial charge in [-0.15, -0.1) is 0 Å². The van der Waals surface area contributed by atoms with Crippen molar-refractivity contribution in [3.05, 3.63) is 28.2 Å². The van der Waals surface area contributed by atoms with Gasteiger partial charge in [-0.2, -0.15) is 0 Å². The van der Waals surface area contributed by atoms with Crippen molar-refractivity contribution in [3.63, 3.8) is 0 Å². The van der Waals surface area contributed by atoms with Crippen molar-refractivity contribution in [2.45, 2.75) is 13.0 Å². The molecule has 0 saturated carbocycles. The summed E-state index contributed by atoms with van der Waals surface area (Å²) in [6.07, 6.45) is 0. The van der Waals surface area contributed by atoms with Crippen molar-refractivity contribution < 1.29 is 14.7 Å². The van der Waals surface area contributed by atoms with E-state index in [1.165, 1.54) is 6.07 Å². The SMILES string of the molecule is CC1CN(C)CCN1C(=O)Nc1ccc(Br)c(C(=O)O)c1. The molecule has 1 fully saturated rings. The number of benzene rings is 1. The predicted octanol–water partition coefficient (Wildman–Crippen LogP) is 2.32. The van der Waals surface area contributed by atoms with Crippen LogP contribution < -0.4 is 5.32 Å². The Balaban J connectivity index is 2.09. The second kappa shape index (κ2) is 6.44. The number of likely N-dealkylation sites (N-methyl/N-ethyl adjacent to an activating group) is 1. The molecule has 7 heteroatoms. The number of carbonyl (C=O) groups excluding carboxylic acids is 1. The third-order valence-corrected chi connectivity index (χ3v) is 4.23. The van der Waals surface area contributed by atoms with E-state index in [4.69, 9.17) is 5.11 Å². The van der Waals surface area contributed by atoms with E-state index < -0.39 is 5.97 Å². The first-order chi connectivity index (χ1) is 9.88. The molecule has 1 saturated heterocycles. The Bertz CT molecular complexity index is 564. The molecule has 1 aliphatic heterocycles. The minimum atomic E-state index is -1.04. The fraction of sp³-hybridized carbons (Fsp3) is 0.429. The van der Waals surface area contributed by atoms with E-state index in [0.717, 1.165) is 13.1 Å². The van der Waals surface area contributed by atoms with E-state index in [-0.39, 0.29) is 17.6 Å². The number of urea groups is 1.